The van der Waals surface area contributed by atoms with E-state index in [1.54, 1.807) is 0 Å². The minimum atomic E-state index is -0.0212. The van der Waals surface area contributed by atoms with E-state index in [9.17, 15) is 4.79 Å². The number of aromatic nitrogens is 1. The molecule has 2 rings (SSSR count). The van der Waals surface area contributed by atoms with Crippen molar-refractivity contribution in [3.8, 4) is 5.75 Å². The van der Waals surface area contributed by atoms with Crippen molar-refractivity contribution in [2.24, 2.45) is 0 Å². The minimum absolute atomic E-state index is 0.0212. The van der Waals surface area contributed by atoms with Crippen molar-refractivity contribution >= 4 is 16.8 Å². The molecule has 0 aliphatic heterocycles. The first kappa shape index (κ1) is 20.3. The number of carbonyl (C=O) groups is 1. The highest BCUT2D eigenvalue weighted by molar-refractivity contribution is 6.02. The van der Waals surface area contributed by atoms with Crippen LogP contribution in [0.25, 0.3) is 10.9 Å². The van der Waals surface area contributed by atoms with E-state index in [-0.39, 0.29) is 5.91 Å². The van der Waals surface area contributed by atoms with E-state index in [2.05, 4.69) is 23.7 Å². The second-order valence-corrected chi connectivity index (χ2v) is 6.41. The summed E-state index contributed by atoms with van der Waals surface area (Å²) in [6, 6.07) is 6.03. The van der Waals surface area contributed by atoms with Crippen LogP contribution in [0.2, 0.25) is 0 Å². The van der Waals surface area contributed by atoms with Crippen LogP contribution in [-0.2, 0) is 11.3 Å². The molecule has 0 unspecified atom stereocenters. The Balaban J connectivity index is 2.07. The Labute approximate surface area is 156 Å². The fourth-order valence-corrected chi connectivity index (χ4v) is 3.19. The minimum Gasteiger partial charge on any atom is -0.494 e. The second kappa shape index (κ2) is 10.2. The van der Waals surface area contributed by atoms with E-state index < -0.39 is 0 Å². The first-order valence-corrected chi connectivity index (χ1v) is 9.75. The van der Waals surface area contributed by atoms with Crippen LogP contribution in [0, 0.1) is 6.92 Å². The Morgan fingerprint density at radius 2 is 1.92 bits per heavy atom. The maximum absolute atomic E-state index is 12.8. The van der Waals surface area contributed by atoms with Gasteiger partial charge in [0.2, 0.25) is 0 Å². The largest absolute Gasteiger partial charge is 0.494 e. The van der Waals surface area contributed by atoms with Crippen molar-refractivity contribution in [2.45, 2.75) is 53.5 Å². The summed E-state index contributed by atoms with van der Waals surface area (Å²) in [5, 5.41) is 4.11. The summed E-state index contributed by atoms with van der Waals surface area (Å²) in [5.74, 6) is 0.819. The van der Waals surface area contributed by atoms with E-state index in [4.69, 9.17) is 9.47 Å². The van der Waals surface area contributed by atoms with Gasteiger partial charge in [-0.2, -0.15) is 0 Å². The molecular formula is C21H32N2O3. The lowest BCUT2D eigenvalue weighted by Gasteiger charge is -2.10. The fourth-order valence-electron chi connectivity index (χ4n) is 3.19. The number of aryl methyl sites for hydroxylation is 2. The van der Waals surface area contributed by atoms with Gasteiger partial charge in [0.05, 0.1) is 6.61 Å². The molecule has 0 bridgehead atoms. The van der Waals surface area contributed by atoms with Gasteiger partial charge in [-0.25, -0.2) is 0 Å². The SMILES string of the molecule is CCCCOCCCNC(=O)c1c(C)c2cc(OCC)ccc2n1CC. The third-order valence-corrected chi connectivity index (χ3v) is 4.52. The summed E-state index contributed by atoms with van der Waals surface area (Å²) in [7, 11) is 0. The Bertz CT molecular complexity index is 722. The van der Waals surface area contributed by atoms with Crippen LogP contribution in [0.1, 0.15) is 56.1 Å². The number of benzene rings is 1. The van der Waals surface area contributed by atoms with Gasteiger partial charge in [0.25, 0.3) is 5.91 Å². The van der Waals surface area contributed by atoms with Gasteiger partial charge in [-0.1, -0.05) is 13.3 Å². The first-order chi connectivity index (χ1) is 12.6. The topological polar surface area (TPSA) is 52.5 Å². The van der Waals surface area contributed by atoms with E-state index in [0.717, 1.165) is 60.3 Å². The number of nitrogens with one attached hydrogen (secondary N) is 1. The number of carbonyl (C=O) groups excluding carboxylic acids is 1. The van der Waals surface area contributed by atoms with Gasteiger partial charge in [-0.15, -0.1) is 0 Å². The molecule has 144 valence electrons. The molecule has 1 aromatic heterocycles. The van der Waals surface area contributed by atoms with Gasteiger partial charge in [-0.05, 0) is 57.4 Å². The second-order valence-electron chi connectivity index (χ2n) is 6.41. The van der Waals surface area contributed by atoms with Gasteiger partial charge >= 0.3 is 0 Å². The molecule has 26 heavy (non-hydrogen) atoms. The van der Waals surface area contributed by atoms with E-state index >= 15 is 0 Å². The summed E-state index contributed by atoms with van der Waals surface area (Å²) in [4.78, 5) is 12.8. The van der Waals surface area contributed by atoms with Crippen molar-refractivity contribution in [3.05, 3.63) is 29.5 Å². The van der Waals surface area contributed by atoms with E-state index in [0.29, 0.717) is 19.8 Å². The molecule has 5 heteroatoms. The third-order valence-electron chi connectivity index (χ3n) is 4.52. The lowest BCUT2D eigenvalue weighted by atomic mass is 10.1. The quantitative estimate of drug-likeness (QED) is 0.608. The average molecular weight is 360 g/mol. The maximum atomic E-state index is 12.8. The summed E-state index contributed by atoms with van der Waals surface area (Å²) in [5.41, 5.74) is 2.81. The number of fused-ring (bicyclic) bond motifs is 1. The lowest BCUT2D eigenvalue weighted by Crippen LogP contribution is -2.28. The smallest absolute Gasteiger partial charge is 0.268 e. The molecule has 0 atom stereocenters. The number of unbranched alkanes of at least 4 members (excludes halogenated alkanes) is 1. The van der Waals surface area contributed by atoms with Gasteiger partial charge in [0.15, 0.2) is 0 Å². The van der Waals surface area contributed by atoms with Crippen LogP contribution in [0.3, 0.4) is 0 Å². The number of hydrogen-bond acceptors (Lipinski definition) is 3. The van der Waals surface area contributed by atoms with Crippen molar-refractivity contribution in [1.82, 2.24) is 9.88 Å². The predicted molar refractivity (Wildman–Crippen MR) is 106 cm³/mol. The molecule has 1 heterocycles. The zero-order valence-electron chi connectivity index (χ0n) is 16.6. The number of ether oxygens (including phenoxy) is 2. The summed E-state index contributed by atoms with van der Waals surface area (Å²) < 4.78 is 13.2. The molecule has 5 nitrogen and oxygen atoms in total. The van der Waals surface area contributed by atoms with Gasteiger partial charge < -0.3 is 19.4 Å². The molecular weight excluding hydrogens is 328 g/mol. The lowest BCUT2D eigenvalue weighted by molar-refractivity contribution is 0.0931. The molecule has 0 radical (unpaired) electrons. The molecule has 1 amide bonds. The summed E-state index contributed by atoms with van der Waals surface area (Å²) in [6.07, 6.45) is 3.06. The number of rotatable bonds is 11. The van der Waals surface area contributed by atoms with Crippen molar-refractivity contribution in [1.29, 1.82) is 0 Å². The van der Waals surface area contributed by atoms with Crippen molar-refractivity contribution in [2.75, 3.05) is 26.4 Å². The normalized spacial score (nSPS) is 11.1. The van der Waals surface area contributed by atoms with E-state index in [1.165, 1.54) is 0 Å². The number of hydrogen-bond donors (Lipinski definition) is 1. The third kappa shape index (κ3) is 4.79. The van der Waals surface area contributed by atoms with E-state index in [1.807, 2.05) is 32.0 Å². The van der Waals surface area contributed by atoms with Crippen LogP contribution < -0.4 is 10.1 Å². The Morgan fingerprint density at radius 1 is 1.15 bits per heavy atom. The summed E-state index contributed by atoms with van der Waals surface area (Å²) >= 11 is 0. The van der Waals surface area contributed by atoms with Gasteiger partial charge in [0, 0.05) is 37.2 Å². The zero-order valence-corrected chi connectivity index (χ0v) is 16.6. The highest BCUT2D eigenvalue weighted by atomic mass is 16.5. The van der Waals surface area contributed by atoms with Crippen LogP contribution in [0.15, 0.2) is 18.2 Å². The highest BCUT2D eigenvalue weighted by Crippen LogP contribution is 2.29. The molecule has 0 saturated carbocycles. The van der Waals surface area contributed by atoms with Gasteiger partial charge in [-0.3, -0.25) is 4.79 Å². The van der Waals surface area contributed by atoms with Crippen molar-refractivity contribution in [3.63, 3.8) is 0 Å². The maximum Gasteiger partial charge on any atom is 0.268 e. The van der Waals surface area contributed by atoms with Crippen LogP contribution in [-0.4, -0.2) is 36.8 Å². The Morgan fingerprint density at radius 3 is 2.62 bits per heavy atom. The molecule has 0 spiro atoms. The predicted octanol–water partition coefficient (Wildman–Crippen LogP) is 4.30. The highest BCUT2D eigenvalue weighted by Gasteiger charge is 2.19. The zero-order chi connectivity index (χ0) is 18.9. The van der Waals surface area contributed by atoms with Gasteiger partial charge in [0.1, 0.15) is 11.4 Å². The van der Waals surface area contributed by atoms with Crippen LogP contribution in [0.5, 0.6) is 5.75 Å². The molecule has 0 saturated heterocycles. The molecule has 0 aliphatic rings. The standard InChI is InChI=1S/C21H32N2O3/c1-5-8-13-25-14-9-12-22-21(24)20-16(4)18-15-17(26-7-3)10-11-19(18)23(20)6-2/h10-11,15H,5-9,12-14H2,1-4H3,(H,22,24). The molecule has 0 aliphatic carbocycles. The number of amides is 1. The Hall–Kier alpha value is -2.01. The molecule has 0 fully saturated rings. The van der Waals surface area contributed by atoms with Crippen LogP contribution >= 0.6 is 0 Å². The average Bonchev–Trinajstić information content (AvgIpc) is 2.93. The van der Waals surface area contributed by atoms with Crippen molar-refractivity contribution < 1.29 is 14.3 Å². The molecule has 1 aromatic carbocycles. The molecule has 2 aromatic rings. The summed E-state index contributed by atoms with van der Waals surface area (Å²) in [6.45, 7) is 11.7. The monoisotopic (exact) mass is 360 g/mol. The first-order valence-electron chi connectivity index (χ1n) is 9.75. The fraction of sp³-hybridized carbons (Fsp3) is 0.571. The number of nitrogens with zero attached hydrogens (tertiary/aromatic N) is 1. The Kier molecular flexibility index (Phi) is 7.98. The van der Waals surface area contributed by atoms with Crippen LogP contribution in [0.4, 0.5) is 0 Å². The molecule has 1 N–H and O–H groups in total.